The van der Waals surface area contributed by atoms with E-state index in [1.165, 1.54) is 15.7 Å². The molecule has 1 aromatic carbocycles. The lowest BCUT2D eigenvalue weighted by Gasteiger charge is -2.02. The predicted octanol–water partition coefficient (Wildman–Crippen LogP) is 2.17. The Labute approximate surface area is 117 Å². The van der Waals surface area contributed by atoms with Gasteiger partial charge in [-0.1, -0.05) is 6.07 Å². The van der Waals surface area contributed by atoms with Crippen molar-refractivity contribution in [2.45, 2.75) is 0 Å². The fourth-order valence-electron chi connectivity index (χ4n) is 2.09. The van der Waals surface area contributed by atoms with Crippen molar-refractivity contribution in [3.8, 4) is 11.1 Å². The molecule has 0 spiro atoms. The van der Waals surface area contributed by atoms with Crippen LogP contribution in [0.5, 0.6) is 0 Å². The van der Waals surface area contributed by atoms with Crippen molar-refractivity contribution in [1.82, 2.24) is 19.4 Å². The molecule has 95 valence electrons. The van der Waals surface area contributed by atoms with Crippen LogP contribution in [0, 0.1) is 6.20 Å². The summed E-state index contributed by atoms with van der Waals surface area (Å²) in [5.74, 6) is 0. The molecule has 4 rings (SSSR count). The molecular formula is C14H7N4OS. The summed E-state index contributed by atoms with van der Waals surface area (Å²) in [7, 11) is 0. The average Bonchev–Trinajstić information content (AvgIpc) is 2.97. The number of rotatable bonds is 1. The first-order valence-electron chi connectivity index (χ1n) is 5.91. The van der Waals surface area contributed by atoms with Gasteiger partial charge in [0.25, 0.3) is 5.56 Å². The summed E-state index contributed by atoms with van der Waals surface area (Å²) in [5.41, 5.74) is 2.60. The third-order valence-corrected chi connectivity index (χ3v) is 3.80. The summed E-state index contributed by atoms with van der Waals surface area (Å²) in [5, 5.41) is 1.83. The van der Waals surface area contributed by atoms with Crippen LogP contribution in [0.4, 0.5) is 0 Å². The zero-order valence-corrected chi connectivity index (χ0v) is 11.0. The van der Waals surface area contributed by atoms with Gasteiger partial charge in [0.15, 0.2) is 4.96 Å². The minimum atomic E-state index is -0.125. The smallest absolute Gasteiger partial charge is 0.267 e. The monoisotopic (exact) mass is 279 g/mol. The topological polar surface area (TPSA) is 60.2 Å². The van der Waals surface area contributed by atoms with Crippen molar-refractivity contribution >= 4 is 27.3 Å². The summed E-state index contributed by atoms with van der Waals surface area (Å²) in [6.07, 6.45) is 7.81. The highest BCUT2D eigenvalue weighted by Gasteiger charge is 2.09. The van der Waals surface area contributed by atoms with Gasteiger partial charge in [0.1, 0.15) is 6.20 Å². The third kappa shape index (κ3) is 1.62. The third-order valence-electron chi connectivity index (χ3n) is 3.04. The van der Waals surface area contributed by atoms with Crippen molar-refractivity contribution < 1.29 is 0 Å². The number of benzene rings is 1. The second-order valence-electron chi connectivity index (χ2n) is 4.22. The number of nitrogens with zero attached hydrogens (tertiary/aromatic N) is 4. The highest BCUT2D eigenvalue weighted by atomic mass is 32.1. The van der Waals surface area contributed by atoms with Crippen LogP contribution in [0.15, 0.2) is 47.0 Å². The van der Waals surface area contributed by atoms with E-state index in [9.17, 15) is 4.79 Å². The molecule has 0 N–H and O–H groups in total. The van der Waals surface area contributed by atoms with E-state index in [0.717, 1.165) is 16.6 Å². The normalized spacial score (nSPS) is 11.2. The van der Waals surface area contributed by atoms with Gasteiger partial charge in [-0.25, -0.2) is 4.98 Å². The largest absolute Gasteiger partial charge is 0.268 e. The average molecular weight is 279 g/mol. The van der Waals surface area contributed by atoms with Gasteiger partial charge in [-0.3, -0.25) is 19.2 Å². The Morgan fingerprint density at radius 2 is 2.00 bits per heavy atom. The molecule has 0 aliphatic carbocycles. The molecule has 3 aromatic heterocycles. The lowest BCUT2D eigenvalue weighted by molar-refractivity contribution is 1.08. The quantitative estimate of drug-likeness (QED) is 0.536. The molecular weight excluding hydrogens is 272 g/mol. The fraction of sp³-hybridized carbons (Fsp3) is 0. The molecule has 0 unspecified atom stereocenters. The van der Waals surface area contributed by atoms with Gasteiger partial charge in [0.2, 0.25) is 0 Å². The van der Waals surface area contributed by atoms with E-state index in [2.05, 4.69) is 21.1 Å². The van der Waals surface area contributed by atoms with E-state index in [1.807, 2.05) is 23.6 Å². The predicted molar refractivity (Wildman–Crippen MR) is 76.7 cm³/mol. The van der Waals surface area contributed by atoms with Gasteiger partial charge in [0.05, 0.1) is 16.6 Å². The molecule has 6 heteroatoms. The molecule has 0 aliphatic rings. The minimum Gasteiger partial charge on any atom is -0.268 e. The van der Waals surface area contributed by atoms with Gasteiger partial charge in [-0.15, -0.1) is 11.3 Å². The molecule has 0 bridgehead atoms. The Morgan fingerprint density at radius 1 is 1.15 bits per heavy atom. The Morgan fingerprint density at radius 3 is 2.90 bits per heavy atom. The molecule has 0 atom stereocenters. The standard InChI is InChI=1S/C14H7N4OS/c19-13-10(8-17-14-18(13)5-6-20-14)9-1-2-11-12(7-9)16-4-3-15-11/h1-7H. The zero-order chi connectivity index (χ0) is 13.5. The molecule has 0 saturated carbocycles. The van der Waals surface area contributed by atoms with Crippen molar-refractivity contribution in [2.24, 2.45) is 0 Å². The maximum Gasteiger partial charge on any atom is 0.267 e. The molecule has 0 amide bonds. The molecule has 0 aliphatic heterocycles. The van der Waals surface area contributed by atoms with Crippen molar-refractivity contribution in [3.05, 3.63) is 58.7 Å². The van der Waals surface area contributed by atoms with Crippen molar-refractivity contribution in [1.29, 1.82) is 0 Å². The highest BCUT2D eigenvalue weighted by molar-refractivity contribution is 7.15. The van der Waals surface area contributed by atoms with Crippen molar-refractivity contribution in [3.63, 3.8) is 0 Å². The lowest BCUT2D eigenvalue weighted by atomic mass is 10.1. The fourth-order valence-corrected chi connectivity index (χ4v) is 2.75. The number of aromatic nitrogens is 4. The Kier molecular flexibility index (Phi) is 2.37. The lowest BCUT2D eigenvalue weighted by Crippen LogP contribution is -2.14. The van der Waals surface area contributed by atoms with E-state index in [0.29, 0.717) is 10.5 Å². The van der Waals surface area contributed by atoms with Crippen LogP contribution in [0.2, 0.25) is 0 Å². The van der Waals surface area contributed by atoms with Crippen LogP contribution in [0.3, 0.4) is 0 Å². The van der Waals surface area contributed by atoms with Crippen LogP contribution >= 0.6 is 11.3 Å². The first-order valence-corrected chi connectivity index (χ1v) is 6.79. The first kappa shape index (κ1) is 11.2. The van der Waals surface area contributed by atoms with Crippen LogP contribution in [-0.4, -0.2) is 19.4 Å². The van der Waals surface area contributed by atoms with Gasteiger partial charge >= 0.3 is 0 Å². The van der Waals surface area contributed by atoms with Crippen LogP contribution < -0.4 is 5.56 Å². The maximum atomic E-state index is 12.4. The second-order valence-corrected chi connectivity index (χ2v) is 5.09. The number of fused-ring (bicyclic) bond motifs is 2. The van der Waals surface area contributed by atoms with E-state index >= 15 is 0 Å². The summed E-state index contributed by atoms with van der Waals surface area (Å²) in [6, 6.07) is 5.51. The van der Waals surface area contributed by atoms with E-state index < -0.39 is 0 Å². The summed E-state index contributed by atoms with van der Waals surface area (Å²) < 4.78 is 1.53. The van der Waals surface area contributed by atoms with Crippen LogP contribution in [-0.2, 0) is 0 Å². The minimum absolute atomic E-state index is 0.125. The highest BCUT2D eigenvalue weighted by Crippen LogP contribution is 2.19. The molecule has 0 fully saturated rings. The van der Waals surface area contributed by atoms with Gasteiger partial charge in [-0.05, 0) is 17.7 Å². The second kappa shape index (κ2) is 4.21. The van der Waals surface area contributed by atoms with Crippen LogP contribution in [0.1, 0.15) is 0 Å². The maximum absolute atomic E-state index is 12.4. The molecule has 4 aromatic rings. The van der Waals surface area contributed by atoms with E-state index in [-0.39, 0.29) is 5.56 Å². The SMILES string of the molecule is O=c1c(-c2ccc3nccnc3c2)[c]nc2sccn12. The molecule has 1 radical (unpaired) electrons. The van der Waals surface area contributed by atoms with Gasteiger partial charge in [-0.2, -0.15) is 0 Å². The van der Waals surface area contributed by atoms with Crippen LogP contribution in [0.25, 0.3) is 27.1 Å². The number of thiazole rings is 1. The van der Waals surface area contributed by atoms with E-state index in [1.54, 1.807) is 18.6 Å². The summed E-state index contributed by atoms with van der Waals surface area (Å²) in [4.78, 5) is 25.7. The Balaban J connectivity index is 2.00. The van der Waals surface area contributed by atoms with Gasteiger partial charge < -0.3 is 0 Å². The number of hydrogen-bond acceptors (Lipinski definition) is 5. The molecule has 5 nitrogen and oxygen atoms in total. The first-order chi connectivity index (χ1) is 9.83. The number of hydrogen-bond donors (Lipinski definition) is 0. The molecule has 3 heterocycles. The van der Waals surface area contributed by atoms with Gasteiger partial charge in [0, 0.05) is 24.0 Å². The van der Waals surface area contributed by atoms with E-state index in [4.69, 9.17) is 0 Å². The Bertz CT molecular complexity index is 989. The molecule has 0 saturated heterocycles. The summed E-state index contributed by atoms with van der Waals surface area (Å²) >= 11 is 1.41. The summed E-state index contributed by atoms with van der Waals surface area (Å²) in [6.45, 7) is 0. The Hall–Kier alpha value is -2.60. The van der Waals surface area contributed by atoms with Crippen molar-refractivity contribution in [2.75, 3.05) is 0 Å². The molecule has 20 heavy (non-hydrogen) atoms. The zero-order valence-electron chi connectivity index (χ0n) is 10.1.